The van der Waals surface area contributed by atoms with Gasteiger partial charge in [0.15, 0.2) is 6.10 Å². The molecule has 118 valence electrons. The Morgan fingerprint density at radius 2 is 1.70 bits per heavy atom. The van der Waals surface area contributed by atoms with E-state index in [1.54, 1.807) is 4.90 Å². The number of nitrogens with zero attached hydrogens (tertiary/aromatic N) is 1. The number of likely N-dealkylation sites (N-methyl/N-ethyl adjacent to an activating group) is 1. The summed E-state index contributed by atoms with van der Waals surface area (Å²) in [6, 6.07) is 0. The van der Waals surface area contributed by atoms with Crippen molar-refractivity contribution in [3.05, 3.63) is 0 Å². The number of carbonyl (C=O) groups is 1. The number of epoxide rings is 1. The van der Waals surface area contributed by atoms with E-state index in [4.69, 9.17) is 4.74 Å². The molecule has 0 aromatic carbocycles. The molecule has 1 aliphatic rings. The van der Waals surface area contributed by atoms with Crippen molar-refractivity contribution >= 4 is 5.91 Å². The summed E-state index contributed by atoms with van der Waals surface area (Å²) in [6.07, 6.45) is 6.88. The van der Waals surface area contributed by atoms with E-state index in [-0.39, 0.29) is 12.0 Å². The Morgan fingerprint density at radius 3 is 2.30 bits per heavy atom. The third-order valence-corrected chi connectivity index (χ3v) is 4.08. The van der Waals surface area contributed by atoms with Gasteiger partial charge in [0.2, 0.25) is 0 Å². The molecule has 1 amide bonds. The van der Waals surface area contributed by atoms with Crippen LogP contribution in [0.1, 0.15) is 65.7 Å². The van der Waals surface area contributed by atoms with Gasteiger partial charge in [0.25, 0.3) is 5.91 Å². The second-order valence-corrected chi connectivity index (χ2v) is 5.66. The molecule has 0 spiro atoms. The molecule has 0 saturated carbocycles. The lowest BCUT2D eigenvalue weighted by molar-refractivity contribution is -0.132. The quantitative estimate of drug-likeness (QED) is 0.469. The maximum Gasteiger partial charge on any atom is 0.254 e. The minimum absolute atomic E-state index is 0.0296. The molecule has 0 aromatic rings. The van der Waals surface area contributed by atoms with Gasteiger partial charge < -0.3 is 14.7 Å². The minimum atomic E-state index is -0.481. The zero-order chi connectivity index (χ0) is 15.0. The van der Waals surface area contributed by atoms with Crippen molar-refractivity contribution in [1.82, 2.24) is 4.90 Å². The van der Waals surface area contributed by atoms with Crippen molar-refractivity contribution in [2.45, 2.75) is 84.0 Å². The number of unbranched alkanes of at least 4 members (excludes halogenated alkanes) is 5. The van der Waals surface area contributed by atoms with Crippen LogP contribution in [0, 0.1) is 0 Å². The Morgan fingerprint density at radius 1 is 1.10 bits per heavy atom. The van der Waals surface area contributed by atoms with E-state index in [0.717, 1.165) is 12.8 Å². The fourth-order valence-corrected chi connectivity index (χ4v) is 2.63. The number of rotatable bonds is 11. The Kier molecular flexibility index (Phi) is 8.15. The van der Waals surface area contributed by atoms with E-state index in [2.05, 4.69) is 6.92 Å². The highest BCUT2D eigenvalue weighted by atomic mass is 16.6. The minimum Gasteiger partial charge on any atom is -0.390 e. The van der Waals surface area contributed by atoms with Crippen LogP contribution >= 0.6 is 0 Å². The highest BCUT2D eigenvalue weighted by Crippen LogP contribution is 2.29. The third kappa shape index (κ3) is 5.41. The molecule has 0 bridgehead atoms. The van der Waals surface area contributed by atoms with Gasteiger partial charge in [-0.25, -0.2) is 0 Å². The van der Waals surface area contributed by atoms with Crippen LogP contribution in [0.2, 0.25) is 0 Å². The molecular weight excluding hydrogens is 254 g/mol. The Hall–Kier alpha value is -0.610. The molecule has 1 fully saturated rings. The van der Waals surface area contributed by atoms with Crippen LogP contribution < -0.4 is 0 Å². The van der Waals surface area contributed by atoms with Crippen molar-refractivity contribution in [3.63, 3.8) is 0 Å². The van der Waals surface area contributed by atoms with Gasteiger partial charge in [-0.2, -0.15) is 0 Å². The average Bonchev–Trinajstić information content (AvgIpc) is 3.24. The number of hydrogen-bond acceptors (Lipinski definition) is 3. The maximum atomic E-state index is 12.0. The summed E-state index contributed by atoms with van der Waals surface area (Å²) in [5, 5.41) is 10.0. The topological polar surface area (TPSA) is 53.1 Å². The van der Waals surface area contributed by atoms with Crippen LogP contribution in [0.3, 0.4) is 0 Å². The molecule has 4 nitrogen and oxygen atoms in total. The Balaban J connectivity index is 2.14. The number of carbonyl (C=O) groups excluding carboxylic acids is 1. The van der Waals surface area contributed by atoms with Gasteiger partial charge in [0.05, 0.1) is 6.10 Å². The Bertz CT molecular complexity index is 279. The number of amides is 1. The van der Waals surface area contributed by atoms with Crippen LogP contribution in [0.4, 0.5) is 0 Å². The molecule has 0 aromatic heterocycles. The van der Waals surface area contributed by atoms with Gasteiger partial charge in [-0.3, -0.25) is 4.79 Å². The molecule has 0 radical (unpaired) electrons. The van der Waals surface area contributed by atoms with Crippen LogP contribution in [0.5, 0.6) is 0 Å². The molecule has 20 heavy (non-hydrogen) atoms. The fourth-order valence-electron chi connectivity index (χ4n) is 2.63. The molecule has 3 atom stereocenters. The number of hydrogen-bond donors (Lipinski definition) is 1. The monoisotopic (exact) mass is 285 g/mol. The van der Waals surface area contributed by atoms with Crippen molar-refractivity contribution in [2.24, 2.45) is 0 Å². The van der Waals surface area contributed by atoms with Crippen LogP contribution in [-0.4, -0.2) is 47.3 Å². The van der Waals surface area contributed by atoms with Gasteiger partial charge in [0, 0.05) is 13.1 Å². The first kappa shape index (κ1) is 17.4. The smallest absolute Gasteiger partial charge is 0.254 e. The molecule has 1 rings (SSSR count). The summed E-state index contributed by atoms with van der Waals surface area (Å²) in [6.45, 7) is 7.54. The highest BCUT2D eigenvalue weighted by Gasteiger charge is 2.50. The van der Waals surface area contributed by atoms with Gasteiger partial charge in [0.1, 0.15) is 6.10 Å². The molecule has 0 aliphatic carbocycles. The summed E-state index contributed by atoms with van der Waals surface area (Å²) in [5.41, 5.74) is 0. The number of aliphatic hydroxyl groups is 1. The predicted octanol–water partition coefficient (Wildman–Crippen LogP) is 2.73. The van der Waals surface area contributed by atoms with Crippen LogP contribution in [-0.2, 0) is 9.53 Å². The first-order chi connectivity index (χ1) is 9.65. The molecule has 1 heterocycles. The second kappa shape index (κ2) is 9.35. The zero-order valence-electron chi connectivity index (χ0n) is 13.3. The summed E-state index contributed by atoms with van der Waals surface area (Å²) in [7, 11) is 0. The van der Waals surface area contributed by atoms with Crippen LogP contribution in [0.15, 0.2) is 0 Å². The van der Waals surface area contributed by atoms with Gasteiger partial charge >= 0.3 is 0 Å². The number of ether oxygens (including phenoxy) is 1. The maximum absolute atomic E-state index is 12.0. The summed E-state index contributed by atoms with van der Waals surface area (Å²) in [5.74, 6) is 0.0296. The van der Waals surface area contributed by atoms with E-state index in [9.17, 15) is 9.90 Å². The second-order valence-electron chi connectivity index (χ2n) is 5.66. The lowest BCUT2D eigenvalue weighted by Gasteiger charge is -2.17. The molecule has 1 aliphatic heterocycles. The molecule has 1 unspecified atom stereocenters. The highest BCUT2D eigenvalue weighted by molar-refractivity contribution is 5.83. The predicted molar refractivity (Wildman–Crippen MR) is 80.6 cm³/mol. The van der Waals surface area contributed by atoms with E-state index in [0.29, 0.717) is 13.1 Å². The lowest BCUT2D eigenvalue weighted by atomic mass is 10.0. The van der Waals surface area contributed by atoms with Crippen molar-refractivity contribution in [1.29, 1.82) is 0 Å². The Labute approximate surface area is 123 Å². The largest absolute Gasteiger partial charge is 0.390 e. The van der Waals surface area contributed by atoms with Crippen molar-refractivity contribution in [2.75, 3.05) is 13.1 Å². The molecule has 4 heteroatoms. The van der Waals surface area contributed by atoms with Crippen LogP contribution in [0.25, 0.3) is 0 Å². The van der Waals surface area contributed by atoms with E-state index >= 15 is 0 Å². The third-order valence-electron chi connectivity index (χ3n) is 4.08. The van der Waals surface area contributed by atoms with Crippen molar-refractivity contribution < 1.29 is 14.6 Å². The van der Waals surface area contributed by atoms with E-state index in [1.807, 2.05) is 13.8 Å². The summed E-state index contributed by atoms with van der Waals surface area (Å²) in [4.78, 5) is 13.8. The standard InChI is InChI=1S/C16H31NO3/c1-4-7-8-9-10-11-12-13(18)14-15(20-14)16(19)17(5-2)6-3/h13-15,18H,4-12H2,1-3H3/t13?,14-,15-/m1/s1. The van der Waals surface area contributed by atoms with Gasteiger partial charge in [-0.05, 0) is 20.3 Å². The van der Waals surface area contributed by atoms with E-state index < -0.39 is 12.2 Å². The van der Waals surface area contributed by atoms with Gasteiger partial charge in [-0.1, -0.05) is 45.4 Å². The molecule has 1 N–H and O–H groups in total. The summed E-state index contributed by atoms with van der Waals surface area (Å²) >= 11 is 0. The van der Waals surface area contributed by atoms with E-state index in [1.165, 1.54) is 32.1 Å². The first-order valence-electron chi connectivity index (χ1n) is 8.27. The zero-order valence-corrected chi connectivity index (χ0v) is 13.3. The molecule has 1 saturated heterocycles. The fraction of sp³-hybridized carbons (Fsp3) is 0.938. The normalized spacial score (nSPS) is 22.6. The first-order valence-corrected chi connectivity index (χ1v) is 8.27. The van der Waals surface area contributed by atoms with Gasteiger partial charge in [-0.15, -0.1) is 0 Å². The SMILES string of the molecule is CCCCCCCCC(O)[C@H]1O[C@H]1C(=O)N(CC)CC. The summed E-state index contributed by atoms with van der Waals surface area (Å²) < 4.78 is 5.38. The average molecular weight is 285 g/mol. The lowest BCUT2D eigenvalue weighted by Crippen LogP contribution is -2.36. The number of aliphatic hydroxyl groups excluding tert-OH is 1. The van der Waals surface area contributed by atoms with Crippen molar-refractivity contribution in [3.8, 4) is 0 Å². The molecular formula is C16H31NO3.